The van der Waals surface area contributed by atoms with E-state index in [0.29, 0.717) is 13.0 Å². The molecular weight excluding hydrogens is 280 g/mol. The number of nitrogens with one attached hydrogen (secondary N) is 1. The molecule has 0 spiro atoms. The minimum absolute atomic E-state index is 0.541. The SMILES string of the molecule is CCNCc1cc(Br)ccc1OCCCC#N. The van der Waals surface area contributed by atoms with Crippen LogP contribution in [0.3, 0.4) is 0 Å². The topological polar surface area (TPSA) is 45.0 Å². The molecule has 0 heterocycles. The summed E-state index contributed by atoms with van der Waals surface area (Å²) < 4.78 is 6.73. The fourth-order valence-electron chi connectivity index (χ4n) is 1.42. The quantitative estimate of drug-likeness (QED) is 0.786. The molecule has 0 radical (unpaired) electrons. The highest BCUT2D eigenvalue weighted by Gasteiger charge is 2.04. The second-order valence-corrected chi connectivity index (χ2v) is 4.56. The van der Waals surface area contributed by atoms with Crippen molar-refractivity contribution in [3.8, 4) is 11.8 Å². The standard InChI is InChI=1S/C13H17BrN2O/c1-2-16-10-11-9-12(14)5-6-13(11)17-8-4-3-7-15/h5-6,9,16H,2-4,8,10H2,1H3. The summed E-state index contributed by atoms with van der Waals surface area (Å²) in [5, 5.41) is 11.7. The Kier molecular flexibility index (Phi) is 6.68. The largest absolute Gasteiger partial charge is 0.493 e. The van der Waals surface area contributed by atoms with Crippen molar-refractivity contribution in [3.05, 3.63) is 28.2 Å². The van der Waals surface area contributed by atoms with Crippen LogP contribution in [-0.4, -0.2) is 13.2 Å². The summed E-state index contributed by atoms with van der Waals surface area (Å²) in [4.78, 5) is 0. The Morgan fingerprint density at radius 2 is 2.29 bits per heavy atom. The number of unbranched alkanes of at least 4 members (excludes halogenated alkanes) is 1. The van der Waals surface area contributed by atoms with Gasteiger partial charge in [-0.1, -0.05) is 22.9 Å². The zero-order chi connectivity index (χ0) is 12.5. The molecule has 0 aliphatic rings. The minimum Gasteiger partial charge on any atom is -0.493 e. The maximum absolute atomic E-state index is 8.45. The lowest BCUT2D eigenvalue weighted by atomic mass is 10.2. The fraction of sp³-hybridized carbons (Fsp3) is 0.462. The zero-order valence-corrected chi connectivity index (χ0v) is 11.6. The van der Waals surface area contributed by atoms with Crippen LogP contribution in [0.2, 0.25) is 0 Å². The predicted molar refractivity (Wildman–Crippen MR) is 71.9 cm³/mol. The van der Waals surface area contributed by atoms with Crippen molar-refractivity contribution < 1.29 is 4.74 Å². The Balaban J connectivity index is 2.59. The molecule has 3 nitrogen and oxygen atoms in total. The fourth-order valence-corrected chi connectivity index (χ4v) is 1.83. The summed E-state index contributed by atoms with van der Waals surface area (Å²) in [6.07, 6.45) is 1.31. The first-order valence-electron chi connectivity index (χ1n) is 5.76. The molecule has 0 bridgehead atoms. The molecule has 0 aliphatic carbocycles. The third-order valence-corrected chi connectivity index (χ3v) is 2.77. The number of ether oxygens (including phenoxy) is 1. The lowest BCUT2D eigenvalue weighted by Crippen LogP contribution is -2.13. The average molecular weight is 297 g/mol. The average Bonchev–Trinajstić information content (AvgIpc) is 2.34. The van der Waals surface area contributed by atoms with E-state index in [9.17, 15) is 0 Å². The molecule has 0 atom stereocenters. The van der Waals surface area contributed by atoms with Crippen molar-refractivity contribution in [1.82, 2.24) is 5.32 Å². The Bertz CT molecular complexity index is 387. The van der Waals surface area contributed by atoms with E-state index in [1.807, 2.05) is 12.1 Å². The number of hydrogen-bond acceptors (Lipinski definition) is 3. The molecule has 0 aliphatic heterocycles. The van der Waals surface area contributed by atoms with Crippen molar-refractivity contribution in [2.24, 2.45) is 0 Å². The van der Waals surface area contributed by atoms with E-state index >= 15 is 0 Å². The molecule has 1 N–H and O–H groups in total. The van der Waals surface area contributed by atoms with Gasteiger partial charge in [0.1, 0.15) is 5.75 Å². The van der Waals surface area contributed by atoms with E-state index in [1.165, 1.54) is 0 Å². The first kappa shape index (κ1) is 14.0. The van der Waals surface area contributed by atoms with E-state index in [1.54, 1.807) is 0 Å². The second kappa shape index (κ2) is 8.10. The highest BCUT2D eigenvalue weighted by atomic mass is 79.9. The molecule has 0 unspecified atom stereocenters. The molecule has 0 fully saturated rings. The third kappa shape index (κ3) is 5.20. The van der Waals surface area contributed by atoms with Gasteiger partial charge in [-0.25, -0.2) is 0 Å². The second-order valence-electron chi connectivity index (χ2n) is 3.64. The van der Waals surface area contributed by atoms with Gasteiger partial charge in [0.05, 0.1) is 12.7 Å². The molecule has 0 saturated heterocycles. The summed E-state index contributed by atoms with van der Waals surface area (Å²) in [6, 6.07) is 8.10. The van der Waals surface area contributed by atoms with Crippen molar-refractivity contribution in [2.45, 2.75) is 26.3 Å². The van der Waals surface area contributed by atoms with Gasteiger partial charge in [-0.15, -0.1) is 0 Å². The van der Waals surface area contributed by atoms with Crippen LogP contribution < -0.4 is 10.1 Å². The Morgan fingerprint density at radius 3 is 3.00 bits per heavy atom. The van der Waals surface area contributed by atoms with Gasteiger partial charge in [0.15, 0.2) is 0 Å². The van der Waals surface area contributed by atoms with Gasteiger partial charge < -0.3 is 10.1 Å². The maximum Gasteiger partial charge on any atom is 0.123 e. The normalized spacial score (nSPS) is 9.94. The molecule has 4 heteroatoms. The van der Waals surface area contributed by atoms with Crippen LogP contribution in [0.5, 0.6) is 5.75 Å². The van der Waals surface area contributed by atoms with E-state index in [4.69, 9.17) is 10.00 Å². The lowest BCUT2D eigenvalue weighted by molar-refractivity contribution is 0.308. The molecule has 1 rings (SSSR count). The van der Waals surface area contributed by atoms with Crippen LogP contribution in [0, 0.1) is 11.3 Å². The molecule has 17 heavy (non-hydrogen) atoms. The number of rotatable bonds is 7. The molecule has 92 valence electrons. The van der Waals surface area contributed by atoms with Gasteiger partial charge in [-0.3, -0.25) is 0 Å². The summed E-state index contributed by atoms with van der Waals surface area (Å²) in [5.74, 6) is 0.895. The van der Waals surface area contributed by atoms with Crippen molar-refractivity contribution >= 4 is 15.9 Å². The Morgan fingerprint density at radius 1 is 1.47 bits per heavy atom. The van der Waals surface area contributed by atoms with Gasteiger partial charge in [0.2, 0.25) is 0 Å². The Labute approximate surface area is 111 Å². The van der Waals surface area contributed by atoms with Crippen LogP contribution in [-0.2, 0) is 6.54 Å². The van der Waals surface area contributed by atoms with Crippen LogP contribution in [0.15, 0.2) is 22.7 Å². The van der Waals surface area contributed by atoms with E-state index < -0.39 is 0 Å². The minimum atomic E-state index is 0.541. The summed E-state index contributed by atoms with van der Waals surface area (Å²) in [5.41, 5.74) is 1.14. The molecule has 1 aromatic carbocycles. The number of halogens is 1. The van der Waals surface area contributed by atoms with Gasteiger partial charge in [-0.05, 0) is 31.2 Å². The predicted octanol–water partition coefficient (Wildman–Crippen LogP) is 3.24. The number of benzene rings is 1. The summed E-state index contributed by atoms with van der Waals surface area (Å²) in [7, 11) is 0. The van der Waals surface area contributed by atoms with E-state index in [-0.39, 0.29) is 0 Å². The lowest BCUT2D eigenvalue weighted by Gasteiger charge is -2.11. The maximum atomic E-state index is 8.45. The first-order valence-corrected chi connectivity index (χ1v) is 6.56. The summed E-state index contributed by atoms with van der Waals surface area (Å²) in [6.45, 7) is 4.39. The number of nitriles is 1. The third-order valence-electron chi connectivity index (χ3n) is 2.28. The molecule has 0 aromatic heterocycles. The van der Waals surface area contributed by atoms with E-state index in [2.05, 4.69) is 40.3 Å². The zero-order valence-electron chi connectivity index (χ0n) is 10.0. The molecule has 1 aromatic rings. The van der Waals surface area contributed by atoms with Gasteiger partial charge in [-0.2, -0.15) is 5.26 Å². The highest BCUT2D eigenvalue weighted by molar-refractivity contribution is 9.10. The van der Waals surface area contributed by atoms with Gasteiger partial charge in [0, 0.05) is 23.0 Å². The van der Waals surface area contributed by atoms with Crippen LogP contribution in [0.4, 0.5) is 0 Å². The van der Waals surface area contributed by atoms with Crippen molar-refractivity contribution in [1.29, 1.82) is 5.26 Å². The number of hydrogen-bond donors (Lipinski definition) is 1. The van der Waals surface area contributed by atoms with E-state index in [0.717, 1.165) is 35.3 Å². The van der Waals surface area contributed by atoms with Crippen molar-refractivity contribution in [2.75, 3.05) is 13.2 Å². The number of nitrogens with zero attached hydrogens (tertiary/aromatic N) is 1. The monoisotopic (exact) mass is 296 g/mol. The van der Waals surface area contributed by atoms with Gasteiger partial charge in [0.25, 0.3) is 0 Å². The van der Waals surface area contributed by atoms with Crippen LogP contribution in [0.1, 0.15) is 25.3 Å². The highest BCUT2D eigenvalue weighted by Crippen LogP contribution is 2.23. The first-order chi connectivity index (χ1) is 8.27. The molecule has 0 amide bonds. The Hall–Kier alpha value is -1.05. The van der Waals surface area contributed by atoms with Crippen molar-refractivity contribution in [3.63, 3.8) is 0 Å². The van der Waals surface area contributed by atoms with Crippen LogP contribution in [0.25, 0.3) is 0 Å². The smallest absolute Gasteiger partial charge is 0.123 e. The molecular formula is C13H17BrN2O. The summed E-state index contributed by atoms with van der Waals surface area (Å²) >= 11 is 3.45. The van der Waals surface area contributed by atoms with Gasteiger partial charge >= 0.3 is 0 Å². The molecule has 0 saturated carbocycles. The van der Waals surface area contributed by atoms with Crippen LogP contribution >= 0.6 is 15.9 Å².